The quantitative estimate of drug-likeness (QED) is 0.260. The van der Waals surface area contributed by atoms with E-state index in [1.165, 1.54) is 0 Å². The summed E-state index contributed by atoms with van der Waals surface area (Å²) in [4.78, 5) is 56.6. The van der Waals surface area contributed by atoms with Crippen LogP contribution in [0, 0.1) is 0 Å². The topological polar surface area (TPSA) is 118 Å². The molecule has 4 rings (SSSR count). The molecule has 2 fully saturated rings. The smallest absolute Gasteiger partial charge is 0.408 e. The fraction of sp³-hybridized carbons (Fsp3) is 0.667. The van der Waals surface area contributed by atoms with Crippen molar-refractivity contribution < 1.29 is 33.4 Å². The summed E-state index contributed by atoms with van der Waals surface area (Å²) >= 11 is 0. The van der Waals surface area contributed by atoms with Crippen LogP contribution in [0.15, 0.2) is 18.2 Å². The fourth-order valence-electron chi connectivity index (χ4n) is 5.41. The Labute approximate surface area is 249 Å². The van der Waals surface area contributed by atoms with Gasteiger partial charge in [0.2, 0.25) is 5.91 Å². The maximum absolute atomic E-state index is 13.4. The van der Waals surface area contributed by atoms with Crippen LogP contribution in [0.4, 0.5) is 4.79 Å². The van der Waals surface area contributed by atoms with Gasteiger partial charge >= 0.3 is 6.09 Å². The van der Waals surface area contributed by atoms with Gasteiger partial charge in [0, 0.05) is 46.3 Å². The standard InChI is InChI=1S/C30H46N4O7Si/c1-30(2,3)41-29(38)31-23-12-13-32(4)18-25(23)40-21-8-9-22-20(16-21)17-33(27(22)36)24-10-11-26(35)34(28(24)37)19-39-14-15-42(5,6)7/h8-9,16,23-25H,10-15,17-19H2,1-7H3,(H,31,38)/t23-,24?,25-/m1/s1. The number of likely N-dealkylation sites (tertiary alicyclic amines) is 2. The molecule has 1 N–H and O–H groups in total. The first-order valence-corrected chi connectivity index (χ1v) is 18.5. The average molecular weight is 603 g/mol. The third kappa shape index (κ3) is 8.10. The number of fused-ring (bicyclic) bond motifs is 1. The maximum atomic E-state index is 13.4. The number of hydrogen-bond donors (Lipinski definition) is 1. The van der Waals surface area contributed by atoms with Crippen molar-refractivity contribution >= 4 is 31.9 Å². The van der Waals surface area contributed by atoms with Crippen LogP contribution in [0.5, 0.6) is 5.75 Å². The molecule has 1 aromatic carbocycles. The molecule has 3 aliphatic heterocycles. The molecule has 0 saturated carbocycles. The van der Waals surface area contributed by atoms with Crippen molar-refractivity contribution in [3.05, 3.63) is 29.3 Å². The number of alkyl carbamates (subject to hydrolysis) is 1. The number of nitrogens with zero attached hydrogens (tertiary/aromatic N) is 3. The van der Waals surface area contributed by atoms with E-state index in [-0.39, 0.29) is 43.7 Å². The number of amides is 4. The number of rotatable bonds is 9. The van der Waals surface area contributed by atoms with E-state index in [4.69, 9.17) is 14.2 Å². The lowest BCUT2D eigenvalue weighted by atomic mass is 10.0. The SMILES string of the molecule is CN1CC[C@@H](NC(=O)OC(C)(C)C)[C@H](Oc2ccc3c(c2)CN(C2CCC(=O)N(COCC[Si](C)(C)C)C2=O)C3=O)C1. The molecule has 0 spiro atoms. The number of ether oxygens (including phenoxy) is 3. The number of carbonyl (C=O) groups excluding carboxylic acids is 4. The highest BCUT2D eigenvalue weighted by molar-refractivity contribution is 6.76. The molecule has 1 unspecified atom stereocenters. The van der Waals surface area contributed by atoms with Crippen molar-refractivity contribution in [3.63, 3.8) is 0 Å². The molecule has 0 radical (unpaired) electrons. The number of carbonyl (C=O) groups is 4. The molecule has 232 valence electrons. The van der Waals surface area contributed by atoms with Crippen molar-refractivity contribution in [3.8, 4) is 5.75 Å². The second-order valence-corrected chi connectivity index (χ2v) is 19.4. The van der Waals surface area contributed by atoms with E-state index in [0.29, 0.717) is 37.3 Å². The molecule has 0 bridgehead atoms. The van der Waals surface area contributed by atoms with E-state index in [0.717, 1.165) is 23.1 Å². The minimum atomic E-state index is -1.30. The van der Waals surface area contributed by atoms with Gasteiger partial charge in [0.25, 0.3) is 11.8 Å². The molecule has 12 heteroatoms. The number of hydrogen-bond acceptors (Lipinski definition) is 8. The van der Waals surface area contributed by atoms with Crippen LogP contribution >= 0.6 is 0 Å². The van der Waals surface area contributed by atoms with Gasteiger partial charge in [0.15, 0.2) is 0 Å². The number of likely N-dealkylation sites (N-methyl/N-ethyl adjacent to an activating group) is 1. The summed E-state index contributed by atoms with van der Waals surface area (Å²) in [5, 5.41) is 2.96. The van der Waals surface area contributed by atoms with Crippen molar-refractivity contribution in [1.82, 2.24) is 20.0 Å². The van der Waals surface area contributed by atoms with Crippen LogP contribution in [0.3, 0.4) is 0 Å². The van der Waals surface area contributed by atoms with Crippen molar-refractivity contribution in [1.29, 1.82) is 0 Å². The second kappa shape index (κ2) is 12.7. The molecular formula is C30H46N4O7Si. The highest BCUT2D eigenvalue weighted by atomic mass is 28.3. The Morgan fingerprint density at radius 1 is 1.12 bits per heavy atom. The molecule has 3 atom stereocenters. The number of piperidine rings is 2. The molecule has 4 amide bonds. The third-order valence-corrected chi connectivity index (χ3v) is 9.44. The van der Waals surface area contributed by atoms with E-state index < -0.39 is 31.7 Å². The summed E-state index contributed by atoms with van der Waals surface area (Å²) < 4.78 is 17.5. The highest BCUT2D eigenvalue weighted by Crippen LogP contribution is 2.32. The van der Waals surface area contributed by atoms with E-state index in [1.807, 2.05) is 33.9 Å². The summed E-state index contributed by atoms with van der Waals surface area (Å²) in [7, 11) is 0.702. The first-order valence-electron chi connectivity index (χ1n) is 14.8. The fourth-order valence-corrected chi connectivity index (χ4v) is 6.17. The van der Waals surface area contributed by atoms with Crippen molar-refractivity contribution in [2.24, 2.45) is 0 Å². The van der Waals surface area contributed by atoms with Gasteiger partial charge in [0.05, 0.1) is 6.04 Å². The van der Waals surface area contributed by atoms with Crippen molar-refractivity contribution in [2.75, 3.05) is 33.5 Å². The Morgan fingerprint density at radius 2 is 1.86 bits per heavy atom. The van der Waals surface area contributed by atoms with Crippen LogP contribution in [0.2, 0.25) is 25.7 Å². The van der Waals surface area contributed by atoms with Gasteiger partial charge in [-0.1, -0.05) is 19.6 Å². The largest absolute Gasteiger partial charge is 0.487 e. The Hall–Kier alpha value is -2.96. The van der Waals surface area contributed by atoms with E-state index >= 15 is 0 Å². The summed E-state index contributed by atoms with van der Waals surface area (Å²) in [5.74, 6) is -0.303. The number of benzene rings is 1. The zero-order valence-corrected chi connectivity index (χ0v) is 27.0. The number of nitrogens with one attached hydrogen (secondary N) is 1. The summed E-state index contributed by atoms with van der Waals surface area (Å²) in [6.45, 7) is 14.3. The normalized spacial score (nSPS) is 23.7. The molecular weight excluding hydrogens is 556 g/mol. The van der Waals surface area contributed by atoms with Crippen LogP contribution in [-0.2, 0) is 25.6 Å². The van der Waals surface area contributed by atoms with Gasteiger partial charge < -0.3 is 29.3 Å². The van der Waals surface area contributed by atoms with Gasteiger partial charge in [-0.05, 0) is 70.5 Å². The van der Waals surface area contributed by atoms with Gasteiger partial charge in [-0.15, -0.1) is 0 Å². The molecule has 42 heavy (non-hydrogen) atoms. The minimum Gasteiger partial charge on any atom is -0.487 e. The number of imide groups is 1. The predicted octanol–water partition coefficient (Wildman–Crippen LogP) is 3.45. The molecule has 3 heterocycles. The lowest BCUT2D eigenvalue weighted by Gasteiger charge is -2.37. The Balaban J connectivity index is 1.41. The van der Waals surface area contributed by atoms with Crippen molar-refractivity contribution in [2.45, 2.75) is 96.1 Å². The summed E-state index contributed by atoms with van der Waals surface area (Å²) in [6, 6.07) is 5.30. The van der Waals surface area contributed by atoms with Gasteiger partial charge in [0.1, 0.15) is 30.2 Å². The summed E-state index contributed by atoms with van der Waals surface area (Å²) in [6.07, 6.45) is 0.385. The summed E-state index contributed by atoms with van der Waals surface area (Å²) in [5.41, 5.74) is 0.685. The zero-order valence-electron chi connectivity index (χ0n) is 26.0. The maximum Gasteiger partial charge on any atom is 0.408 e. The lowest BCUT2D eigenvalue weighted by molar-refractivity contribution is -0.158. The monoisotopic (exact) mass is 602 g/mol. The Kier molecular flexibility index (Phi) is 9.68. The molecule has 1 aromatic rings. The Bertz CT molecular complexity index is 1200. The molecule has 3 aliphatic rings. The van der Waals surface area contributed by atoms with Gasteiger partial charge in [-0.3, -0.25) is 19.3 Å². The first kappa shape index (κ1) is 32.0. The van der Waals surface area contributed by atoms with Crippen LogP contribution in [-0.4, -0.2) is 104 Å². The van der Waals surface area contributed by atoms with E-state index in [1.54, 1.807) is 17.0 Å². The first-order chi connectivity index (χ1) is 19.6. The van der Waals surface area contributed by atoms with Gasteiger partial charge in [-0.25, -0.2) is 4.79 Å². The highest BCUT2D eigenvalue weighted by Gasteiger charge is 2.43. The lowest BCUT2D eigenvalue weighted by Crippen LogP contribution is -2.56. The van der Waals surface area contributed by atoms with Crippen LogP contribution in [0.25, 0.3) is 0 Å². The third-order valence-electron chi connectivity index (χ3n) is 7.74. The Morgan fingerprint density at radius 3 is 2.55 bits per heavy atom. The van der Waals surface area contributed by atoms with Crippen LogP contribution in [0.1, 0.15) is 56.0 Å². The van der Waals surface area contributed by atoms with E-state index in [2.05, 4.69) is 29.9 Å². The van der Waals surface area contributed by atoms with E-state index in [9.17, 15) is 19.2 Å². The zero-order chi connectivity index (χ0) is 30.8. The van der Waals surface area contributed by atoms with Gasteiger partial charge in [-0.2, -0.15) is 0 Å². The molecule has 2 saturated heterocycles. The average Bonchev–Trinajstić information content (AvgIpc) is 3.18. The molecule has 11 nitrogen and oxygen atoms in total. The second-order valence-electron chi connectivity index (χ2n) is 13.8. The van der Waals surface area contributed by atoms with Crippen LogP contribution < -0.4 is 10.1 Å². The molecule has 0 aliphatic carbocycles. The minimum absolute atomic E-state index is 0.0834. The predicted molar refractivity (Wildman–Crippen MR) is 160 cm³/mol. The molecule has 0 aromatic heterocycles.